The lowest BCUT2D eigenvalue weighted by atomic mass is 9.88. The molecule has 0 saturated carbocycles. The maximum Gasteiger partial charge on any atom is 0.0500 e. The molecule has 1 aliphatic carbocycles. The van der Waals surface area contributed by atoms with Gasteiger partial charge in [0.05, 0.1) is 0 Å². The quantitative estimate of drug-likeness (QED) is 0.558. The summed E-state index contributed by atoms with van der Waals surface area (Å²) in [6.45, 7) is 0.942. The minimum Gasteiger partial charge on any atom is -0.336 e. The van der Waals surface area contributed by atoms with Gasteiger partial charge in [-0.25, -0.2) is 0 Å². The Morgan fingerprint density at radius 3 is 2.58 bits per heavy atom. The smallest absolute Gasteiger partial charge is 0.0500 e. The normalized spacial score (nSPS) is 15.4. The predicted molar refractivity (Wildman–Crippen MR) is 99.6 cm³/mol. The first-order valence-electron chi connectivity index (χ1n) is 8.89. The van der Waals surface area contributed by atoms with Gasteiger partial charge in [-0.3, -0.25) is 0 Å². The maximum absolute atomic E-state index is 3.48. The summed E-state index contributed by atoms with van der Waals surface area (Å²) >= 11 is 0. The second-order valence-corrected chi connectivity index (χ2v) is 6.80. The fourth-order valence-corrected chi connectivity index (χ4v) is 4.26. The summed E-state index contributed by atoms with van der Waals surface area (Å²) < 4.78 is 0. The van der Waals surface area contributed by atoms with Gasteiger partial charge < -0.3 is 4.90 Å². The lowest BCUT2D eigenvalue weighted by Crippen LogP contribution is -2.23. The molecule has 0 saturated heterocycles. The molecule has 0 bridgehead atoms. The summed E-state index contributed by atoms with van der Waals surface area (Å²) in [5.41, 5.74) is 9.72. The monoisotopic (exact) mass is 310 g/mol. The summed E-state index contributed by atoms with van der Waals surface area (Å²) in [6.07, 6.45) is 5.06. The van der Waals surface area contributed by atoms with Crippen LogP contribution in [0.2, 0.25) is 0 Å². The van der Waals surface area contributed by atoms with Crippen LogP contribution in [0.5, 0.6) is 0 Å². The molecule has 3 aromatic carbocycles. The van der Waals surface area contributed by atoms with E-state index in [0.717, 1.165) is 6.54 Å². The van der Waals surface area contributed by atoms with Crippen LogP contribution in [-0.4, -0.2) is 0 Å². The van der Waals surface area contributed by atoms with Gasteiger partial charge in [-0.1, -0.05) is 48.5 Å². The third kappa shape index (κ3) is 2.08. The topological polar surface area (TPSA) is 3.24 Å². The van der Waals surface area contributed by atoms with Crippen LogP contribution in [0.25, 0.3) is 11.1 Å². The summed E-state index contributed by atoms with van der Waals surface area (Å²) in [4.78, 5) is 2.50. The average molecular weight is 310 g/mol. The van der Waals surface area contributed by atoms with Crippen molar-refractivity contribution in [1.82, 2.24) is 0 Å². The molecule has 1 heteroatoms. The number of hydrogen-bond donors (Lipinski definition) is 0. The number of anilines is 2. The standard InChI is InChI=1S/C23H20N/c1-4-12-20-17(8-1)10-7-15-22(20)24-16-18-9-2-3-11-19(18)21-13-5-6-14-23(21)24/h2-3,5-7,9-11,14-15H,1,4,8,12,16H2. The molecule has 24 heavy (non-hydrogen) atoms. The van der Waals surface area contributed by atoms with Crippen molar-refractivity contribution in [3.05, 3.63) is 83.4 Å². The van der Waals surface area contributed by atoms with Crippen molar-refractivity contribution in [2.24, 2.45) is 0 Å². The Morgan fingerprint density at radius 1 is 0.750 bits per heavy atom. The van der Waals surface area contributed by atoms with E-state index in [1.54, 1.807) is 11.1 Å². The summed E-state index contributed by atoms with van der Waals surface area (Å²) in [5.74, 6) is 0. The SMILES string of the molecule is [c]1cccc2c1-c1ccccc1CN2c1cccc2c1CCCC2. The minimum atomic E-state index is 0.942. The Kier molecular flexibility index (Phi) is 3.19. The van der Waals surface area contributed by atoms with Crippen molar-refractivity contribution in [2.75, 3.05) is 4.90 Å². The van der Waals surface area contributed by atoms with Crippen LogP contribution < -0.4 is 4.90 Å². The Hall–Kier alpha value is -2.54. The molecule has 1 heterocycles. The number of hydrogen-bond acceptors (Lipinski definition) is 1. The van der Waals surface area contributed by atoms with Crippen LogP contribution in [-0.2, 0) is 19.4 Å². The van der Waals surface area contributed by atoms with Crippen molar-refractivity contribution in [3.63, 3.8) is 0 Å². The zero-order valence-corrected chi connectivity index (χ0v) is 13.8. The molecular weight excluding hydrogens is 290 g/mol. The first kappa shape index (κ1) is 13.9. The van der Waals surface area contributed by atoms with Gasteiger partial charge in [0.15, 0.2) is 0 Å². The van der Waals surface area contributed by atoms with Gasteiger partial charge in [0.2, 0.25) is 0 Å². The van der Waals surface area contributed by atoms with Crippen LogP contribution in [0.1, 0.15) is 29.5 Å². The molecular formula is C23H20N. The molecule has 5 rings (SSSR count). The minimum absolute atomic E-state index is 0.942. The average Bonchev–Trinajstić information content (AvgIpc) is 2.67. The van der Waals surface area contributed by atoms with Crippen molar-refractivity contribution < 1.29 is 0 Å². The highest BCUT2D eigenvalue weighted by atomic mass is 15.1. The highest BCUT2D eigenvalue weighted by Gasteiger charge is 2.25. The van der Waals surface area contributed by atoms with Crippen LogP contribution in [0, 0.1) is 6.07 Å². The molecule has 2 aliphatic rings. The first-order chi connectivity index (χ1) is 11.9. The van der Waals surface area contributed by atoms with Crippen LogP contribution >= 0.6 is 0 Å². The Morgan fingerprint density at radius 2 is 1.58 bits per heavy atom. The van der Waals surface area contributed by atoms with E-state index in [1.807, 2.05) is 6.07 Å². The maximum atomic E-state index is 3.48. The molecule has 1 aliphatic heterocycles. The predicted octanol–water partition coefficient (Wildman–Crippen LogP) is 5.68. The third-order valence-corrected chi connectivity index (χ3v) is 5.40. The van der Waals surface area contributed by atoms with E-state index in [2.05, 4.69) is 65.6 Å². The Labute approximate surface area is 143 Å². The molecule has 117 valence electrons. The van der Waals surface area contributed by atoms with Gasteiger partial charge in [-0.15, -0.1) is 0 Å². The molecule has 0 atom stereocenters. The molecule has 0 fully saturated rings. The highest BCUT2D eigenvalue weighted by molar-refractivity contribution is 5.87. The van der Waals surface area contributed by atoms with Gasteiger partial charge in [-0.2, -0.15) is 0 Å². The largest absolute Gasteiger partial charge is 0.336 e. The summed E-state index contributed by atoms with van der Waals surface area (Å²) in [6, 6.07) is 25.4. The molecule has 0 spiro atoms. The number of nitrogens with zero attached hydrogens (tertiary/aromatic N) is 1. The zero-order valence-electron chi connectivity index (χ0n) is 13.8. The third-order valence-electron chi connectivity index (χ3n) is 5.40. The van der Waals surface area contributed by atoms with Crippen molar-refractivity contribution >= 4 is 11.4 Å². The summed E-state index contributed by atoms with van der Waals surface area (Å²) in [7, 11) is 0. The Balaban J connectivity index is 1.71. The molecule has 0 unspecified atom stereocenters. The van der Waals surface area contributed by atoms with Gasteiger partial charge in [0.1, 0.15) is 0 Å². The van der Waals surface area contributed by atoms with Gasteiger partial charge in [0, 0.05) is 23.5 Å². The van der Waals surface area contributed by atoms with E-state index in [-0.39, 0.29) is 0 Å². The van der Waals surface area contributed by atoms with Gasteiger partial charge in [0.25, 0.3) is 0 Å². The first-order valence-corrected chi connectivity index (χ1v) is 8.89. The number of aryl methyl sites for hydroxylation is 1. The molecule has 1 nitrogen and oxygen atoms in total. The van der Waals surface area contributed by atoms with Gasteiger partial charge in [-0.05, 0) is 66.1 Å². The number of rotatable bonds is 1. The van der Waals surface area contributed by atoms with Crippen LogP contribution in [0.15, 0.2) is 60.7 Å². The second-order valence-electron chi connectivity index (χ2n) is 6.80. The molecule has 0 aromatic heterocycles. The van der Waals surface area contributed by atoms with E-state index >= 15 is 0 Å². The fraction of sp³-hybridized carbons (Fsp3) is 0.217. The summed E-state index contributed by atoms with van der Waals surface area (Å²) in [5, 5.41) is 0. The molecule has 0 N–H and O–H groups in total. The fourth-order valence-electron chi connectivity index (χ4n) is 4.26. The van der Waals surface area contributed by atoms with Crippen molar-refractivity contribution in [3.8, 4) is 11.1 Å². The van der Waals surface area contributed by atoms with E-state index in [1.165, 1.54) is 53.7 Å². The van der Waals surface area contributed by atoms with Crippen molar-refractivity contribution in [1.29, 1.82) is 0 Å². The molecule has 1 radical (unpaired) electrons. The second kappa shape index (κ2) is 5.52. The number of benzene rings is 3. The van der Waals surface area contributed by atoms with Crippen LogP contribution in [0.4, 0.5) is 11.4 Å². The lowest BCUT2D eigenvalue weighted by molar-refractivity contribution is 0.683. The highest BCUT2D eigenvalue weighted by Crippen LogP contribution is 2.44. The van der Waals surface area contributed by atoms with Crippen molar-refractivity contribution in [2.45, 2.75) is 32.2 Å². The van der Waals surface area contributed by atoms with Crippen LogP contribution in [0.3, 0.4) is 0 Å². The zero-order chi connectivity index (χ0) is 15.9. The molecule has 3 aromatic rings. The van der Waals surface area contributed by atoms with Gasteiger partial charge >= 0.3 is 0 Å². The number of fused-ring (bicyclic) bond motifs is 4. The van der Waals surface area contributed by atoms with E-state index < -0.39 is 0 Å². The van der Waals surface area contributed by atoms with E-state index in [4.69, 9.17) is 0 Å². The Bertz CT molecular complexity index is 909. The van der Waals surface area contributed by atoms with E-state index in [9.17, 15) is 0 Å². The molecule has 0 amide bonds. The van der Waals surface area contributed by atoms with E-state index in [0.29, 0.717) is 0 Å². The lowest BCUT2D eigenvalue weighted by Gasteiger charge is -2.35.